The van der Waals surface area contributed by atoms with Gasteiger partial charge in [0.1, 0.15) is 6.10 Å². The van der Waals surface area contributed by atoms with Crippen molar-refractivity contribution in [2.24, 2.45) is 5.92 Å². The molecule has 1 aromatic rings. The lowest BCUT2D eigenvalue weighted by Crippen LogP contribution is -2.42. The Hall–Kier alpha value is -1.49. The normalized spacial score (nSPS) is 21.3. The van der Waals surface area contributed by atoms with E-state index in [1.54, 1.807) is 13.8 Å². The Kier molecular flexibility index (Phi) is 6.67. The molecule has 0 aromatic heterocycles. The molecule has 0 N–H and O–H groups in total. The Morgan fingerprint density at radius 1 is 1.03 bits per heavy atom. The van der Waals surface area contributed by atoms with Gasteiger partial charge in [-0.15, -0.1) is 0 Å². The van der Waals surface area contributed by atoms with Crippen molar-refractivity contribution in [3.8, 4) is 0 Å². The first-order chi connectivity index (χ1) is 13.7. The van der Waals surface area contributed by atoms with Crippen molar-refractivity contribution in [2.45, 2.75) is 55.4 Å². The van der Waals surface area contributed by atoms with Crippen LogP contribution in [-0.4, -0.2) is 63.7 Å². The number of piperidine rings is 1. The Morgan fingerprint density at radius 3 is 2.17 bits per heavy atom. The van der Waals surface area contributed by atoms with Crippen molar-refractivity contribution in [1.82, 2.24) is 8.61 Å². The van der Waals surface area contributed by atoms with Crippen molar-refractivity contribution < 1.29 is 26.4 Å². The van der Waals surface area contributed by atoms with Gasteiger partial charge in [0.15, 0.2) is 0 Å². The Labute approximate surface area is 172 Å². The summed E-state index contributed by atoms with van der Waals surface area (Å²) in [5, 5.41) is 0. The molecule has 1 saturated carbocycles. The number of sulfonamides is 2. The molecule has 162 valence electrons. The zero-order valence-electron chi connectivity index (χ0n) is 16.8. The van der Waals surface area contributed by atoms with E-state index in [4.69, 9.17) is 4.74 Å². The number of carbonyl (C=O) groups is 1. The molecule has 1 atom stereocenters. The highest BCUT2D eigenvalue weighted by molar-refractivity contribution is 7.89. The summed E-state index contributed by atoms with van der Waals surface area (Å²) in [5.74, 6) is -0.783. The minimum absolute atomic E-state index is 0.00483. The highest BCUT2D eigenvalue weighted by Gasteiger charge is 2.36. The third-order valence-electron chi connectivity index (χ3n) is 5.33. The topological polar surface area (TPSA) is 101 Å². The summed E-state index contributed by atoms with van der Waals surface area (Å²) < 4.78 is 59.1. The van der Waals surface area contributed by atoms with Crippen LogP contribution in [0.3, 0.4) is 0 Å². The number of carbonyl (C=O) groups excluding carboxylic acids is 1. The lowest BCUT2D eigenvalue weighted by molar-refractivity contribution is -0.151. The van der Waals surface area contributed by atoms with Gasteiger partial charge in [-0.3, -0.25) is 4.79 Å². The van der Waals surface area contributed by atoms with Gasteiger partial charge < -0.3 is 4.74 Å². The minimum Gasteiger partial charge on any atom is -0.462 e. The lowest BCUT2D eigenvalue weighted by Gasteiger charge is -2.30. The second kappa shape index (κ2) is 8.71. The lowest BCUT2D eigenvalue weighted by atomic mass is 10.00. The molecule has 10 heteroatoms. The van der Waals surface area contributed by atoms with Crippen LogP contribution in [0.15, 0.2) is 34.1 Å². The summed E-state index contributed by atoms with van der Waals surface area (Å²) in [6.07, 6.45) is 2.94. The maximum Gasteiger partial charge on any atom is 0.310 e. The van der Waals surface area contributed by atoms with E-state index in [9.17, 15) is 21.6 Å². The van der Waals surface area contributed by atoms with Gasteiger partial charge in [0.2, 0.25) is 20.0 Å². The average Bonchev–Trinajstić information content (AvgIpc) is 3.53. The second-order valence-corrected chi connectivity index (χ2v) is 11.3. The van der Waals surface area contributed by atoms with Crippen LogP contribution in [0.5, 0.6) is 0 Å². The van der Waals surface area contributed by atoms with E-state index >= 15 is 0 Å². The SMILES string of the molecule is CCN(CC)S(=O)(=O)c1ccc(S(=O)(=O)N2CCC[C@@H](C(=O)OC3CC3)C2)cc1. The van der Waals surface area contributed by atoms with Crippen LogP contribution in [0.1, 0.15) is 39.5 Å². The highest BCUT2D eigenvalue weighted by Crippen LogP contribution is 2.29. The van der Waals surface area contributed by atoms with Crippen molar-refractivity contribution in [3.63, 3.8) is 0 Å². The van der Waals surface area contributed by atoms with Crippen molar-refractivity contribution in [1.29, 1.82) is 0 Å². The fourth-order valence-corrected chi connectivity index (χ4v) is 6.43. The van der Waals surface area contributed by atoms with Gasteiger partial charge >= 0.3 is 5.97 Å². The molecule has 2 aliphatic rings. The molecule has 1 saturated heterocycles. The quantitative estimate of drug-likeness (QED) is 0.567. The summed E-state index contributed by atoms with van der Waals surface area (Å²) in [6, 6.07) is 5.28. The van der Waals surface area contributed by atoms with Gasteiger partial charge in [-0.2, -0.15) is 8.61 Å². The highest BCUT2D eigenvalue weighted by atomic mass is 32.2. The van der Waals surface area contributed by atoms with Gasteiger partial charge in [-0.25, -0.2) is 16.8 Å². The average molecular weight is 445 g/mol. The molecule has 1 aliphatic carbocycles. The van der Waals surface area contributed by atoms with Crippen molar-refractivity contribution in [2.75, 3.05) is 26.2 Å². The maximum atomic E-state index is 13.0. The third-order valence-corrected chi connectivity index (χ3v) is 9.27. The second-order valence-electron chi connectivity index (χ2n) is 7.40. The first kappa shape index (κ1) is 22.2. The van der Waals surface area contributed by atoms with Crippen LogP contribution in [0, 0.1) is 5.92 Å². The van der Waals surface area contributed by atoms with Crippen LogP contribution in [-0.2, 0) is 29.6 Å². The van der Waals surface area contributed by atoms with Crippen LogP contribution in [0.4, 0.5) is 0 Å². The molecule has 0 amide bonds. The van der Waals surface area contributed by atoms with Gasteiger partial charge in [0.25, 0.3) is 0 Å². The van der Waals surface area contributed by atoms with E-state index in [1.807, 2.05) is 0 Å². The van der Waals surface area contributed by atoms with Gasteiger partial charge in [-0.05, 0) is 49.9 Å². The van der Waals surface area contributed by atoms with E-state index in [1.165, 1.54) is 32.9 Å². The summed E-state index contributed by atoms with van der Waals surface area (Å²) in [4.78, 5) is 12.3. The molecule has 2 fully saturated rings. The molecule has 1 aliphatic heterocycles. The van der Waals surface area contributed by atoms with Crippen molar-refractivity contribution >= 4 is 26.0 Å². The monoisotopic (exact) mass is 444 g/mol. The van der Waals surface area contributed by atoms with Crippen LogP contribution >= 0.6 is 0 Å². The van der Waals surface area contributed by atoms with Crippen LogP contribution < -0.4 is 0 Å². The number of ether oxygens (including phenoxy) is 1. The Morgan fingerprint density at radius 2 is 1.62 bits per heavy atom. The van der Waals surface area contributed by atoms with Crippen LogP contribution in [0.25, 0.3) is 0 Å². The zero-order valence-corrected chi connectivity index (χ0v) is 18.4. The predicted octanol–water partition coefficient (Wildman–Crippen LogP) is 1.82. The zero-order chi connectivity index (χ0) is 21.2. The number of benzene rings is 1. The largest absolute Gasteiger partial charge is 0.462 e. The van der Waals surface area contributed by atoms with Gasteiger partial charge in [-0.1, -0.05) is 13.8 Å². The molecule has 0 unspecified atom stereocenters. The standard InChI is InChI=1S/C19H28N2O6S2/c1-3-20(4-2)28(23,24)17-9-11-18(12-10-17)29(25,26)21-13-5-6-15(14-21)19(22)27-16-7-8-16/h9-12,15-16H,3-8,13-14H2,1-2H3/t15-/m1/s1. The molecule has 0 bridgehead atoms. The number of nitrogens with zero attached hydrogens (tertiary/aromatic N) is 2. The smallest absolute Gasteiger partial charge is 0.310 e. The summed E-state index contributed by atoms with van der Waals surface area (Å²) in [6.45, 7) is 4.60. The van der Waals surface area contributed by atoms with Crippen LogP contribution in [0.2, 0.25) is 0 Å². The summed E-state index contributed by atoms with van der Waals surface area (Å²) in [5.41, 5.74) is 0. The first-order valence-corrected chi connectivity index (χ1v) is 12.9. The summed E-state index contributed by atoms with van der Waals surface area (Å²) >= 11 is 0. The number of esters is 1. The molecule has 29 heavy (non-hydrogen) atoms. The van der Waals surface area contributed by atoms with E-state index in [0.29, 0.717) is 32.5 Å². The summed E-state index contributed by atoms with van der Waals surface area (Å²) in [7, 11) is -7.47. The van der Waals surface area contributed by atoms with E-state index in [-0.39, 0.29) is 28.4 Å². The number of hydrogen-bond donors (Lipinski definition) is 0. The minimum atomic E-state index is -3.82. The third kappa shape index (κ3) is 4.82. The molecular formula is C19H28N2O6S2. The fourth-order valence-electron chi connectivity index (χ4n) is 3.44. The molecule has 8 nitrogen and oxygen atoms in total. The predicted molar refractivity (Wildman–Crippen MR) is 107 cm³/mol. The van der Waals surface area contributed by atoms with Gasteiger partial charge in [0.05, 0.1) is 15.7 Å². The maximum absolute atomic E-state index is 13.0. The van der Waals surface area contributed by atoms with E-state index in [0.717, 1.165) is 12.8 Å². The van der Waals surface area contributed by atoms with E-state index < -0.39 is 26.0 Å². The first-order valence-electron chi connectivity index (χ1n) is 10.0. The van der Waals surface area contributed by atoms with Crippen molar-refractivity contribution in [3.05, 3.63) is 24.3 Å². The molecule has 1 aromatic carbocycles. The number of hydrogen-bond acceptors (Lipinski definition) is 6. The number of rotatable bonds is 8. The van der Waals surface area contributed by atoms with E-state index in [2.05, 4.69) is 0 Å². The Balaban J connectivity index is 1.75. The molecule has 1 heterocycles. The fraction of sp³-hybridized carbons (Fsp3) is 0.632. The molecule has 0 radical (unpaired) electrons. The Bertz CT molecular complexity index is 935. The molecular weight excluding hydrogens is 416 g/mol. The molecule has 0 spiro atoms. The van der Waals surface area contributed by atoms with Gasteiger partial charge in [0, 0.05) is 26.2 Å². The molecule has 3 rings (SSSR count).